The third kappa shape index (κ3) is 3.69. The molecule has 0 saturated carbocycles. The number of aromatic carboxylic acids is 1. The summed E-state index contributed by atoms with van der Waals surface area (Å²) in [5.74, 6) is -1.48. The molecule has 2 atom stereocenters. The van der Waals surface area contributed by atoms with Crippen LogP contribution in [0.5, 0.6) is 0 Å². The van der Waals surface area contributed by atoms with Crippen LogP contribution in [-0.4, -0.2) is 41.0 Å². The number of aliphatic hydroxyl groups is 2. The number of benzene rings is 1. The van der Waals surface area contributed by atoms with E-state index >= 15 is 0 Å². The molecular weight excluding hydrogens is 279 g/mol. The lowest BCUT2D eigenvalue weighted by Gasteiger charge is -2.20. The summed E-state index contributed by atoms with van der Waals surface area (Å²) < 4.78 is 37.8. The number of hydrogen-bond acceptors (Lipinski definition) is 4. The second kappa shape index (κ2) is 6.21. The third-order valence-corrected chi connectivity index (χ3v) is 2.71. The average Bonchev–Trinajstić information content (AvgIpc) is 2.36. The molecule has 0 saturated heterocycles. The van der Waals surface area contributed by atoms with Gasteiger partial charge in [-0.2, -0.15) is 13.2 Å². The van der Waals surface area contributed by atoms with Crippen molar-refractivity contribution in [3.8, 4) is 0 Å². The van der Waals surface area contributed by atoms with E-state index in [0.717, 1.165) is 6.07 Å². The summed E-state index contributed by atoms with van der Waals surface area (Å²) in [6.45, 7) is -0.101. The summed E-state index contributed by atoms with van der Waals surface area (Å²) in [4.78, 5) is 11.0. The fraction of sp³-hybridized carbons (Fsp3) is 0.417. The summed E-state index contributed by atoms with van der Waals surface area (Å²) in [7, 11) is 1.47. The van der Waals surface area contributed by atoms with E-state index in [2.05, 4.69) is 5.32 Å². The molecular formula is C12H14F3NO4. The molecule has 0 aromatic heterocycles. The zero-order chi connectivity index (χ0) is 15.5. The largest absolute Gasteiger partial charge is 0.478 e. The van der Waals surface area contributed by atoms with E-state index in [9.17, 15) is 28.2 Å². The molecule has 1 aromatic carbocycles. The number of likely N-dealkylation sites (N-methyl/N-ethyl adjacent to an activating group) is 1. The normalized spacial score (nSPS) is 14.9. The molecule has 2 unspecified atom stereocenters. The zero-order valence-electron chi connectivity index (χ0n) is 10.5. The van der Waals surface area contributed by atoms with Gasteiger partial charge in [0.15, 0.2) is 0 Å². The lowest BCUT2D eigenvalue weighted by molar-refractivity contribution is -0.137. The van der Waals surface area contributed by atoms with Crippen molar-refractivity contribution in [3.05, 3.63) is 34.9 Å². The predicted molar refractivity (Wildman–Crippen MR) is 63.3 cm³/mol. The standard InChI is InChI=1S/C12H14F3NO4/c1-16-5-9(17)10(18)8-4-6(12(13,14)15)2-3-7(8)11(19)20/h2-4,9-10,16-18H,5H2,1H3,(H,19,20). The van der Waals surface area contributed by atoms with Crippen molar-refractivity contribution in [2.45, 2.75) is 18.4 Å². The number of rotatable bonds is 5. The number of nitrogens with one attached hydrogen (secondary N) is 1. The Balaban J connectivity index is 3.28. The van der Waals surface area contributed by atoms with E-state index in [4.69, 9.17) is 5.11 Å². The summed E-state index contributed by atoms with van der Waals surface area (Å²) in [5, 5.41) is 30.9. The van der Waals surface area contributed by atoms with Crippen molar-refractivity contribution in [1.82, 2.24) is 5.32 Å². The van der Waals surface area contributed by atoms with E-state index in [0.29, 0.717) is 12.1 Å². The number of carboxylic acids is 1. The van der Waals surface area contributed by atoms with Crippen molar-refractivity contribution >= 4 is 5.97 Å². The van der Waals surface area contributed by atoms with E-state index in [1.807, 2.05) is 0 Å². The fourth-order valence-corrected chi connectivity index (χ4v) is 1.71. The van der Waals surface area contributed by atoms with Gasteiger partial charge in [0.25, 0.3) is 0 Å². The SMILES string of the molecule is CNCC(O)C(O)c1cc(C(F)(F)F)ccc1C(=O)O. The molecule has 0 amide bonds. The first-order valence-corrected chi connectivity index (χ1v) is 5.63. The zero-order valence-corrected chi connectivity index (χ0v) is 10.5. The van der Waals surface area contributed by atoms with Gasteiger partial charge in [0, 0.05) is 6.54 Å². The maximum absolute atomic E-state index is 12.6. The van der Waals surface area contributed by atoms with E-state index < -0.39 is 41.0 Å². The van der Waals surface area contributed by atoms with Crippen molar-refractivity contribution in [2.24, 2.45) is 0 Å². The molecule has 8 heteroatoms. The number of aliphatic hydroxyl groups excluding tert-OH is 2. The fourth-order valence-electron chi connectivity index (χ4n) is 1.71. The maximum Gasteiger partial charge on any atom is 0.416 e. The van der Waals surface area contributed by atoms with Crippen LogP contribution >= 0.6 is 0 Å². The van der Waals surface area contributed by atoms with Crippen LogP contribution in [0.3, 0.4) is 0 Å². The molecule has 112 valence electrons. The van der Waals surface area contributed by atoms with Gasteiger partial charge < -0.3 is 20.6 Å². The Labute approximate surface area is 112 Å². The number of halogens is 3. The Hall–Kier alpha value is -1.64. The van der Waals surface area contributed by atoms with Crippen LogP contribution in [0.25, 0.3) is 0 Å². The molecule has 0 fully saturated rings. The summed E-state index contributed by atoms with van der Waals surface area (Å²) in [6, 6.07) is 1.91. The van der Waals surface area contributed by atoms with Gasteiger partial charge in [-0.15, -0.1) is 0 Å². The van der Waals surface area contributed by atoms with Gasteiger partial charge in [-0.3, -0.25) is 0 Å². The average molecular weight is 293 g/mol. The highest BCUT2D eigenvalue weighted by Crippen LogP contribution is 2.33. The summed E-state index contributed by atoms with van der Waals surface area (Å²) in [6.07, 6.45) is -7.84. The molecule has 5 nitrogen and oxygen atoms in total. The van der Waals surface area contributed by atoms with Crippen LogP contribution in [0.15, 0.2) is 18.2 Å². The van der Waals surface area contributed by atoms with Gasteiger partial charge in [-0.25, -0.2) is 4.79 Å². The predicted octanol–water partition coefficient (Wildman–Crippen LogP) is 1.02. The summed E-state index contributed by atoms with van der Waals surface area (Å²) in [5.41, 5.74) is -2.05. The topological polar surface area (TPSA) is 89.8 Å². The van der Waals surface area contributed by atoms with Gasteiger partial charge in [0.2, 0.25) is 0 Å². The summed E-state index contributed by atoms with van der Waals surface area (Å²) >= 11 is 0. The second-order valence-corrected chi connectivity index (χ2v) is 4.17. The Kier molecular flexibility index (Phi) is 5.09. The van der Waals surface area contributed by atoms with Gasteiger partial charge in [0.05, 0.1) is 17.2 Å². The first-order chi connectivity index (χ1) is 9.18. The monoisotopic (exact) mass is 293 g/mol. The number of alkyl halides is 3. The first kappa shape index (κ1) is 16.4. The van der Waals surface area contributed by atoms with Crippen LogP contribution in [0.4, 0.5) is 13.2 Å². The van der Waals surface area contributed by atoms with Gasteiger partial charge in [0.1, 0.15) is 6.10 Å². The Morgan fingerprint density at radius 1 is 1.35 bits per heavy atom. The molecule has 0 aliphatic heterocycles. The Morgan fingerprint density at radius 3 is 2.40 bits per heavy atom. The van der Waals surface area contributed by atoms with E-state index in [-0.39, 0.29) is 6.54 Å². The van der Waals surface area contributed by atoms with Crippen molar-refractivity contribution < 1.29 is 33.3 Å². The maximum atomic E-state index is 12.6. The highest BCUT2D eigenvalue weighted by molar-refractivity contribution is 5.89. The minimum absolute atomic E-state index is 0.101. The minimum atomic E-state index is -4.67. The molecule has 20 heavy (non-hydrogen) atoms. The van der Waals surface area contributed by atoms with Gasteiger partial charge >= 0.3 is 12.1 Å². The lowest BCUT2D eigenvalue weighted by atomic mass is 9.96. The van der Waals surface area contributed by atoms with E-state index in [1.165, 1.54) is 7.05 Å². The van der Waals surface area contributed by atoms with Crippen LogP contribution in [0.2, 0.25) is 0 Å². The first-order valence-electron chi connectivity index (χ1n) is 5.63. The molecule has 1 rings (SSSR count). The third-order valence-electron chi connectivity index (χ3n) is 2.71. The van der Waals surface area contributed by atoms with Gasteiger partial charge in [-0.05, 0) is 30.8 Å². The highest BCUT2D eigenvalue weighted by atomic mass is 19.4. The number of hydrogen-bond donors (Lipinski definition) is 4. The molecule has 0 aliphatic carbocycles. The smallest absolute Gasteiger partial charge is 0.416 e. The Morgan fingerprint density at radius 2 is 1.95 bits per heavy atom. The minimum Gasteiger partial charge on any atom is -0.478 e. The molecule has 1 aromatic rings. The molecule has 0 radical (unpaired) electrons. The molecule has 0 bridgehead atoms. The lowest BCUT2D eigenvalue weighted by Crippen LogP contribution is -2.30. The van der Waals surface area contributed by atoms with Crippen LogP contribution in [0.1, 0.15) is 27.6 Å². The van der Waals surface area contributed by atoms with Crippen molar-refractivity contribution in [2.75, 3.05) is 13.6 Å². The molecule has 0 heterocycles. The van der Waals surface area contributed by atoms with Crippen molar-refractivity contribution in [3.63, 3.8) is 0 Å². The van der Waals surface area contributed by atoms with Crippen LogP contribution in [0, 0.1) is 0 Å². The molecule has 0 spiro atoms. The number of carboxylic acid groups (broad SMARTS) is 1. The highest BCUT2D eigenvalue weighted by Gasteiger charge is 2.33. The van der Waals surface area contributed by atoms with Gasteiger partial charge in [-0.1, -0.05) is 0 Å². The quantitative estimate of drug-likeness (QED) is 0.651. The Bertz CT molecular complexity index is 490. The molecule has 4 N–H and O–H groups in total. The van der Waals surface area contributed by atoms with Crippen molar-refractivity contribution in [1.29, 1.82) is 0 Å². The van der Waals surface area contributed by atoms with Crippen LogP contribution < -0.4 is 5.32 Å². The second-order valence-electron chi connectivity index (χ2n) is 4.17. The number of carbonyl (C=O) groups is 1. The van der Waals surface area contributed by atoms with Crippen LogP contribution in [-0.2, 0) is 6.18 Å². The molecule has 0 aliphatic rings. The van der Waals surface area contributed by atoms with E-state index in [1.54, 1.807) is 0 Å².